The van der Waals surface area contributed by atoms with Crippen LogP contribution < -0.4 is 4.74 Å². The summed E-state index contributed by atoms with van der Waals surface area (Å²) in [5, 5.41) is 13.7. The molecule has 4 rings (SSSR count). The summed E-state index contributed by atoms with van der Waals surface area (Å²) >= 11 is 0. The highest BCUT2D eigenvalue weighted by atomic mass is 16.5. The quantitative estimate of drug-likeness (QED) is 0.416. The Morgan fingerprint density at radius 3 is 2.30 bits per heavy atom. The largest absolute Gasteiger partial charge is 0.481 e. The van der Waals surface area contributed by atoms with Gasteiger partial charge in [-0.25, -0.2) is 4.68 Å². The average Bonchev–Trinajstić information content (AvgIpc) is 3.28. The monoisotopic (exact) mass is 436 g/mol. The van der Waals surface area contributed by atoms with E-state index in [-0.39, 0.29) is 5.91 Å². The highest BCUT2D eigenvalue weighted by Gasteiger charge is 2.22. The summed E-state index contributed by atoms with van der Waals surface area (Å²) < 4.78 is 7.64. The molecule has 0 fully saturated rings. The van der Waals surface area contributed by atoms with E-state index in [1.54, 1.807) is 43.1 Å². The van der Waals surface area contributed by atoms with E-state index in [4.69, 9.17) is 15.1 Å². The third-order valence-corrected chi connectivity index (χ3v) is 5.29. The predicted molar refractivity (Wildman–Crippen MR) is 127 cm³/mol. The molecule has 0 saturated heterocycles. The third-order valence-electron chi connectivity index (χ3n) is 5.29. The molecule has 4 aromatic rings. The third kappa shape index (κ3) is 5.10. The minimum atomic E-state index is -0.674. The lowest BCUT2D eigenvalue weighted by molar-refractivity contribution is -0.137. The van der Waals surface area contributed by atoms with Gasteiger partial charge in [0.1, 0.15) is 5.75 Å². The lowest BCUT2D eigenvalue weighted by Crippen LogP contribution is -2.37. The number of benzene rings is 3. The van der Waals surface area contributed by atoms with E-state index in [0.29, 0.717) is 17.9 Å². The van der Waals surface area contributed by atoms with E-state index in [1.165, 1.54) is 0 Å². The van der Waals surface area contributed by atoms with E-state index < -0.39 is 6.10 Å². The molecule has 0 saturated carbocycles. The van der Waals surface area contributed by atoms with Crippen LogP contribution in [0.5, 0.6) is 5.75 Å². The van der Waals surface area contributed by atoms with Gasteiger partial charge in [-0.3, -0.25) is 4.79 Å². The molecule has 3 aromatic carbocycles. The zero-order valence-electron chi connectivity index (χ0n) is 18.6. The fourth-order valence-electron chi connectivity index (χ4n) is 3.58. The Morgan fingerprint density at radius 2 is 1.67 bits per heavy atom. The molecule has 0 aliphatic rings. The number of aromatic nitrogens is 2. The normalized spacial score (nSPS) is 11.4. The van der Waals surface area contributed by atoms with Crippen molar-refractivity contribution in [1.29, 1.82) is 5.26 Å². The van der Waals surface area contributed by atoms with Gasteiger partial charge in [0.05, 0.1) is 23.0 Å². The molecule has 164 valence electrons. The van der Waals surface area contributed by atoms with Crippen LogP contribution in [0.15, 0.2) is 91.1 Å². The number of rotatable bonds is 7. The van der Waals surface area contributed by atoms with E-state index in [9.17, 15) is 4.79 Å². The van der Waals surface area contributed by atoms with Gasteiger partial charge in [-0.15, -0.1) is 0 Å². The summed E-state index contributed by atoms with van der Waals surface area (Å²) in [7, 11) is 1.76. The maximum atomic E-state index is 13.0. The predicted octanol–water partition coefficient (Wildman–Crippen LogP) is 4.84. The topological polar surface area (TPSA) is 71.2 Å². The summed E-state index contributed by atoms with van der Waals surface area (Å²) in [5.41, 5.74) is 4.26. The summed E-state index contributed by atoms with van der Waals surface area (Å²) in [4.78, 5) is 14.7. The first-order chi connectivity index (χ1) is 16.0. The summed E-state index contributed by atoms with van der Waals surface area (Å²) in [6.45, 7) is 2.11. The van der Waals surface area contributed by atoms with Gasteiger partial charge < -0.3 is 9.64 Å². The molecule has 1 heterocycles. The van der Waals surface area contributed by atoms with Crippen LogP contribution in [0.2, 0.25) is 0 Å². The molecular formula is C27H24N4O2. The van der Waals surface area contributed by atoms with Crippen LogP contribution >= 0.6 is 0 Å². The molecule has 0 aliphatic carbocycles. The van der Waals surface area contributed by atoms with Crippen molar-refractivity contribution in [3.8, 4) is 28.8 Å². The van der Waals surface area contributed by atoms with E-state index in [2.05, 4.69) is 6.07 Å². The molecule has 0 unspecified atom stereocenters. The fraction of sp³-hybridized carbons (Fsp3) is 0.148. The highest BCUT2D eigenvalue weighted by molar-refractivity contribution is 5.81. The smallest absolute Gasteiger partial charge is 0.263 e. The van der Waals surface area contributed by atoms with Crippen molar-refractivity contribution in [1.82, 2.24) is 14.7 Å². The second-order valence-corrected chi connectivity index (χ2v) is 7.74. The van der Waals surface area contributed by atoms with Crippen molar-refractivity contribution in [2.75, 3.05) is 7.05 Å². The van der Waals surface area contributed by atoms with E-state index in [0.717, 1.165) is 22.5 Å². The summed E-state index contributed by atoms with van der Waals surface area (Å²) in [6.07, 6.45) is 1.29. The van der Waals surface area contributed by atoms with Gasteiger partial charge in [0.2, 0.25) is 0 Å². The van der Waals surface area contributed by atoms with Gasteiger partial charge in [-0.1, -0.05) is 48.5 Å². The number of nitriles is 1. The maximum Gasteiger partial charge on any atom is 0.263 e. The zero-order valence-corrected chi connectivity index (χ0v) is 18.6. The number of carbonyl (C=O) groups excluding carboxylic acids is 1. The number of likely N-dealkylation sites (N-methyl/N-ethyl adjacent to an activating group) is 1. The van der Waals surface area contributed by atoms with Crippen molar-refractivity contribution >= 4 is 5.91 Å². The van der Waals surface area contributed by atoms with Gasteiger partial charge >= 0.3 is 0 Å². The molecule has 0 N–H and O–H groups in total. The molecule has 0 radical (unpaired) electrons. The van der Waals surface area contributed by atoms with Crippen molar-refractivity contribution in [3.63, 3.8) is 0 Å². The second-order valence-electron chi connectivity index (χ2n) is 7.74. The Kier molecular flexibility index (Phi) is 6.51. The summed E-state index contributed by atoms with van der Waals surface area (Å²) in [5.74, 6) is 0.399. The van der Waals surface area contributed by atoms with Crippen LogP contribution in [0, 0.1) is 11.3 Å². The Hall–Kier alpha value is -4.37. The molecule has 33 heavy (non-hydrogen) atoms. The van der Waals surface area contributed by atoms with Gasteiger partial charge in [0, 0.05) is 30.9 Å². The van der Waals surface area contributed by atoms with E-state index in [1.807, 2.05) is 71.5 Å². The number of amides is 1. The SMILES string of the molecule is C[C@H](Oc1ccc(C#N)cc1)C(=O)N(C)Cc1cn(-c2ccccc2)nc1-c1ccccc1. The van der Waals surface area contributed by atoms with Crippen molar-refractivity contribution in [2.45, 2.75) is 19.6 Å². The maximum absolute atomic E-state index is 13.0. The van der Waals surface area contributed by atoms with Gasteiger partial charge in [0.15, 0.2) is 6.10 Å². The van der Waals surface area contributed by atoms with Crippen molar-refractivity contribution < 1.29 is 9.53 Å². The second kappa shape index (κ2) is 9.84. The number of nitrogens with zero attached hydrogens (tertiary/aromatic N) is 4. The number of ether oxygens (including phenoxy) is 1. The Labute approximate surface area is 193 Å². The first-order valence-corrected chi connectivity index (χ1v) is 10.7. The van der Waals surface area contributed by atoms with Crippen molar-refractivity contribution in [3.05, 3.63) is 102 Å². The van der Waals surface area contributed by atoms with Crippen LogP contribution in [0.4, 0.5) is 0 Å². The standard InChI is InChI=1S/C27H24N4O2/c1-20(33-25-15-13-21(17-28)14-16-25)27(32)30(2)18-23-19-31(24-11-7-4-8-12-24)29-26(23)22-9-5-3-6-10-22/h3-16,19-20H,18H2,1-2H3/t20-/m0/s1. The molecule has 1 aromatic heterocycles. The van der Waals surface area contributed by atoms with Crippen LogP contribution in [0.3, 0.4) is 0 Å². The Bertz CT molecular complexity index is 1260. The van der Waals surface area contributed by atoms with E-state index >= 15 is 0 Å². The fourth-order valence-corrected chi connectivity index (χ4v) is 3.58. The zero-order chi connectivity index (χ0) is 23.2. The molecule has 1 amide bonds. The molecule has 1 atom stereocenters. The van der Waals surface area contributed by atoms with Crippen LogP contribution in [0.1, 0.15) is 18.1 Å². The minimum Gasteiger partial charge on any atom is -0.481 e. The van der Waals surface area contributed by atoms with Gasteiger partial charge in [0.25, 0.3) is 5.91 Å². The first-order valence-electron chi connectivity index (χ1n) is 10.7. The Balaban J connectivity index is 1.54. The number of carbonyl (C=O) groups is 1. The first kappa shape index (κ1) is 21.8. The molecule has 0 bridgehead atoms. The molecule has 0 aliphatic heterocycles. The lowest BCUT2D eigenvalue weighted by atomic mass is 10.1. The minimum absolute atomic E-state index is 0.147. The summed E-state index contributed by atoms with van der Waals surface area (Å²) in [6, 6.07) is 28.6. The Morgan fingerprint density at radius 1 is 1.03 bits per heavy atom. The van der Waals surface area contributed by atoms with Gasteiger partial charge in [-0.2, -0.15) is 10.4 Å². The van der Waals surface area contributed by atoms with Crippen LogP contribution in [-0.2, 0) is 11.3 Å². The number of hydrogen-bond donors (Lipinski definition) is 0. The van der Waals surface area contributed by atoms with Crippen molar-refractivity contribution in [2.24, 2.45) is 0 Å². The number of para-hydroxylation sites is 1. The average molecular weight is 437 g/mol. The molecular weight excluding hydrogens is 412 g/mol. The highest BCUT2D eigenvalue weighted by Crippen LogP contribution is 2.25. The number of hydrogen-bond acceptors (Lipinski definition) is 4. The van der Waals surface area contributed by atoms with Crippen LogP contribution in [-0.4, -0.2) is 33.7 Å². The molecule has 6 nitrogen and oxygen atoms in total. The van der Waals surface area contributed by atoms with Crippen LogP contribution in [0.25, 0.3) is 16.9 Å². The molecule has 0 spiro atoms. The molecule has 6 heteroatoms. The lowest BCUT2D eigenvalue weighted by Gasteiger charge is -2.22. The van der Waals surface area contributed by atoms with Gasteiger partial charge in [-0.05, 0) is 43.3 Å².